The zero-order chi connectivity index (χ0) is 33.4. The maximum atomic E-state index is 6.52. The van der Waals surface area contributed by atoms with Crippen molar-refractivity contribution in [1.82, 2.24) is 0 Å². The molecule has 1 heteroatoms. The summed E-state index contributed by atoms with van der Waals surface area (Å²) in [5.41, 5.74) is 10.9. The Balaban J connectivity index is 1.18. The minimum Gasteiger partial charge on any atom is -0.486 e. The molecule has 1 nitrogen and oxygen atoms in total. The van der Waals surface area contributed by atoms with E-state index in [9.17, 15) is 0 Å². The molecule has 0 saturated carbocycles. The van der Waals surface area contributed by atoms with Crippen LogP contribution in [0.5, 0.6) is 5.75 Å². The molecule has 1 aliphatic rings. The fourth-order valence-electron chi connectivity index (χ4n) is 7.62. The van der Waals surface area contributed by atoms with E-state index in [0.29, 0.717) is 0 Å². The average Bonchev–Trinajstić information content (AvgIpc) is 3.26. The summed E-state index contributed by atoms with van der Waals surface area (Å²) in [5.74, 6) is 0.968. The van der Waals surface area contributed by atoms with Gasteiger partial charge in [-0.1, -0.05) is 164 Å². The number of rotatable bonds is 4. The van der Waals surface area contributed by atoms with E-state index in [-0.39, 0.29) is 6.10 Å². The van der Waals surface area contributed by atoms with E-state index in [0.717, 1.165) is 23.3 Å². The Hall–Kier alpha value is -6.18. The predicted octanol–water partition coefficient (Wildman–Crippen LogP) is 13.2. The van der Waals surface area contributed by atoms with Crippen LogP contribution in [0.4, 0.5) is 0 Å². The highest BCUT2D eigenvalue weighted by Gasteiger charge is 2.18. The molecule has 50 heavy (non-hydrogen) atoms. The monoisotopic (exact) mass is 640 g/mol. The van der Waals surface area contributed by atoms with Crippen molar-refractivity contribution < 1.29 is 4.74 Å². The summed E-state index contributed by atoms with van der Waals surface area (Å²) in [6.45, 7) is 2.10. The van der Waals surface area contributed by atoms with Crippen LogP contribution in [0.15, 0.2) is 182 Å². The lowest BCUT2D eigenvalue weighted by molar-refractivity contribution is 0.269. The molecular weight excluding hydrogens is 605 g/mol. The average molecular weight is 641 g/mol. The minimum absolute atomic E-state index is 0.0126. The van der Waals surface area contributed by atoms with Crippen LogP contribution in [0.2, 0.25) is 0 Å². The van der Waals surface area contributed by atoms with Crippen molar-refractivity contribution in [2.75, 3.05) is 0 Å². The summed E-state index contributed by atoms with van der Waals surface area (Å²) in [4.78, 5) is 0. The Bertz CT molecular complexity index is 2550. The van der Waals surface area contributed by atoms with E-state index in [4.69, 9.17) is 4.74 Å². The maximum Gasteiger partial charge on any atom is 0.131 e. The molecule has 9 rings (SSSR count). The summed E-state index contributed by atoms with van der Waals surface area (Å²) < 4.78 is 6.52. The molecule has 0 aromatic heterocycles. The molecule has 1 heterocycles. The third kappa shape index (κ3) is 5.38. The number of ether oxygens (including phenoxy) is 1. The molecule has 1 unspecified atom stereocenters. The second-order valence-corrected chi connectivity index (χ2v) is 13.2. The number of hydrogen-bond donors (Lipinski definition) is 0. The van der Waals surface area contributed by atoms with E-state index in [2.05, 4.69) is 189 Å². The van der Waals surface area contributed by atoms with E-state index < -0.39 is 0 Å². The van der Waals surface area contributed by atoms with Gasteiger partial charge in [0.2, 0.25) is 0 Å². The normalized spacial score (nSPS) is 15.5. The zero-order valence-corrected chi connectivity index (χ0v) is 28.0. The first-order valence-corrected chi connectivity index (χ1v) is 17.5. The van der Waals surface area contributed by atoms with E-state index >= 15 is 0 Å². The molecule has 0 amide bonds. The maximum absolute atomic E-state index is 6.52. The Kier molecular flexibility index (Phi) is 7.59. The van der Waals surface area contributed by atoms with Crippen LogP contribution in [0.3, 0.4) is 0 Å². The van der Waals surface area contributed by atoms with Crippen molar-refractivity contribution in [1.29, 1.82) is 0 Å². The molecule has 0 N–H and O–H groups in total. The van der Waals surface area contributed by atoms with E-state index in [1.54, 1.807) is 0 Å². The van der Waals surface area contributed by atoms with Gasteiger partial charge < -0.3 is 4.74 Å². The van der Waals surface area contributed by atoms with Gasteiger partial charge in [0.1, 0.15) is 11.9 Å². The smallest absolute Gasteiger partial charge is 0.131 e. The molecule has 1 atom stereocenters. The molecule has 0 radical (unpaired) electrons. The fourth-order valence-corrected chi connectivity index (χ4v) is 7.62. The second-order valence-electron chi connectivity index (χ2n) is 13.2. The van der Waals surface area contributed by atoms with Crippen LogP contribution in [0.25, 0.3) is 76.8 Å². The highest BCUT2D eigenvalue weighted by Crippen LogP contribution is 2.45. The van der Waals surface area contributed by atoms with Crippen LogP contribution in [-0.4, -0.2) is 6.10 Å². The first kappa shape index (κ1) is 29.9. The molecule has 238 valence electrons. The molecule has 0 saturated heterocycles. The number of benzene rings is 8. The Morgan fingerprint density at radius 1 is 0.460 bits per heavy atom. The number of hydrogen-bond acceptors (Lipinski definition) is 1. The van der Waals surface area contributed by atoms with Crippen molar-refractivity contribution in [2.24, 2.45) is 0 Å². The molecular formula is C49H36O. The Labute approximate surface area is 293 Å². The molecule has 0 bridgehead atoms. The Morgan fingerprint density at radius 2 is 1.04 bits per heavy atom. The molecule has 0 spiro atoms. The van der Waals surface area contributed by atoms with E-state index in [1.165, 1.54) is 71.3 Å². The van der Waals surface area contributed by atoms with Gasteiger partial charge in [-0.3, -0.25) is 0 Å². The van der Waals surface area contributed by atoms with Crippen LogP contribution in [-0.2, 0) is 6.42 Å². The first-order chi connectivity index (χ1) is 24.7. The van der Waals surface area contributed by atoms with Gasteiger partial charge >= 0.3 is 0 Å². The van der Waals surface area contributed by atoms with Crippen molar-refractivity contribution in [3.8, 4) is 50.3 Å². The van der Waals surface area contributed by atoms with Crippen LogP contribution in [0, 0.1) is 0 Å². The van der Waals surface area contributed by atoms with Gasteiger partial charge in [-0.2, -0.15) is 0 Å². The summed E-state index contributed by atoms with van der Waals surface area (Å²) in [6.07, 6.45) is 9.31. The van der Waals surface area contributed by atoms with Gasteiger partial charge in [-0.25, -0.2) is 0 Å². The third-order valence-corrected chi connectivity index (χ3v) is 10.0. The second kappa shape index (κ2) is 12.7. The quantitative estimate of drug-likeness (QED) is 0.174. The van der Waals surface area contributed by atoms with Gasteiger partial charge in [0.25, 0.3) is 0 Å². The van der Waals surface area contributed by atoms with Crippen molar-refractivity contribution in [2.45, 2.75) is 19.4 Å². The van der Waals surface area contributed by atoms with Gasteiger partial charge in [-0.05, 0) is 108 Å². The summed E-state index contributed by atoms with van der Waals surface area (Å²) in [6, 6.07) is 57.7. The van der Waals surface area contributed by atoms with Gasteiger partial charge in [0.15, 0.2) is 0 Å². The highest BCUT2D eigenvalue weighted by molar-refractivity contribution is 6.21. The molecule has 8 aromatic rings. The summed E-state index contributed by atoms with van der Waals surface area (Å²) >= 11 is 0. The molecule has 1 aliphatic heterocycles. The molecule has 8 aromatic carbocycles. The standard InChI is InChI=1S/C49H36O/c1-33-13-3-2-4-15-37-17-12-24-42(49(37)50-33)35-26-28-36(29-27-35)47-43-20-7-9-22-45(43)48(46-23-10-8-21-44(46)47)41-19-11-18-39(32-41)40-30-25-34-14-5-6-16-38(34)31-40/h2-14,16-33H,15H2,1H3/b4-2-,13-3-. The predicted molar refractivity (Wildman–Crippen MR) is 213 cm³/mol. The number of fused-ring (bicyclic) bond motifs is 4. The lowest BCUT2D eigenvalue weighted by Gasteiger charge is -2.19. The molecule has 0 fully saturated rings. The number of para-hydroxylation sites is 1. The van der Waals surface area contributed by atoms with Crippen molar-refractivity contribution >= 4 is 32.3 Å². The van der Waals surface area contributed by atoms with Gasteiger partial charge in [-0.15, -0.1) is 0 Å². The van der Waals surface area contributed by atoms with Crippen molar-refractivity contribution in [3.63, 3.8) is 0 Å². The summed E-state index contributed by atoms with van der Waals surface area (Å²) in [7, 11) is 0. The molecule has 0 aliphatic carbocycles. The third-order valence-electron chi connectivity index (χ3n) is 10.0. The van der Waals surface area contributed by atoms with Crippen molar-refractivity contribution in [3.05, 3.63) is 188 Å². The topological polar surface area (TPSA) is 9.23 Å². The summed E-state index contributed by atoms with van der Waals surface area (Å²) in [5, 5.41) is 7.53. The van der Waals surface area contributed by atoms with Crippen LogP contribution in [0.1, 0.15) is 12.5 Å². The lowest BCUT2D eigenvalue weighted by Crippen LogP contribution is -2.10. The zero-order valence-electron chi connectivity index (χ0n) is 28.0. The highest BCUT2D eigenvalue weighted by atomic mass is 16.5. The minimum atomic E-state index is -0.0126. The number of allylic oxidation sites excluding steroid dienone is 3. The van der Waals surface area contributed by atoms with E-state index in [1.807, 2.05) is 0 Å². The Morgan fingerprint density at radius 3 is 1.78 bits per heavy atom. The lowest BCUT2D eigenvalue weighted by atomic mass is 9.85. The van der Waals surface area contributed by atoms with Crippen LogP contribution < -0.4 is 4.74 Å². The van der Waals surface area contributed by atoms with Gasteiger partial charge in [0, 0.05) is 5.56 Å². The fraction of sp³-hybridized carbons (Fsp3) is 0.0612. The van der Waals surface area contributed by atoms with Crippen LogP contribution >= 0.6 is 0 Å². The SMILES string of the molecule is CC1/C=C\C=C/Cc2cccc(-c3ccc(-c4c5ccccc5c(-c5cccc(-c6ccc7ccccc7c6)c5)c5ccccc45)cc3)c2O1. The first-order valence-electron chi connectivity index (χ1n) is 17.5. The van der Waals surface area contributed by atoms with Gasteiger partial charge in [0.05, 0.1) is 0 Å². The largest absolute Gasteiger partial charge is 0.486 e.